The molecular weight excluding hydrogens is 358 g/mol. The minimum Gasteiger partial charge on any atom is -0.453 e. The van der Waals surface area contributed by atoms with Crippen LogP contribution in [0, 0.1) is 10.1 Å². The minimum absolute atomic E-state index is 0.0210. The summed E-state index contributed by atoms with van der Waals surface area (Å²) in [5.41, 5.74) is 0.351. The summed E-state index contributed by atoms with van der Waals surface area (Å²) >= 11 is 0. The molecule has 0 unspecified atom stereocenters. The van der Waals surface area contributed by atoms with Crippen molar-refractivity contribution >= 4 is 28.7 Å². The lowest BCUT2D eigenvalue weighted by atomic mass is 10.2. The Bertz CT molecular complexity index is 942. The number of hydrogen-bond donors (Lipinski definition) is 1. The van der Waals surface area contributed by atoms with Crippen molar-refractivity contribution in [3.63, 3.8) is 0 Å². The maximum atomic E-state index is 11.9. The molecule has 1 atom stereocenters. The number of carbonyl (C=O) groups excluding carboxylic acids is 2. The lowest BCUT2D eigenvalue weighted by Gasteiger charge is -2.13. The SMILES string of the molecule is C[C@H](OC(=O)CCCn1c(=O)oc2cc([N+](=O)[O-])ccc21)C(=O)NC1CC1. The number of amides is 1. The number of oxazole rings is 1. The molecule has 1 aliphatic rings. The first-order valence-corrected chi connectivity index (χ1v) is 8.63. The number of fused-ring (bicyclic) bond motifs is 1. The van der Waals surface area contributed by atoms with E-state index in [4.69, 9.17) is 9.15 Å². The van der Waals surface area contributed by atoms with E-state index in [1.807, 2.05) is 0 Å². The number of hydrogen-bond acceptors (Lipinski definition) is 7. The minimum atomic E-state index is -0.865. The van der Waals surface area contributed by atoms with E-state index in [0.29, 0.717) is 11.9 Å². The van der Waals surface area contributed by atoms with Gasteiger partial charge in [-0.2, -0.15) is 0 Å². The summed E-state index contributed by atoms with van der Waals surface area (Å²) in [6.07, 6.45) is 1.34. The van der Waals surface area contributed by atoms with E-state index in [-0.39, 0.29) is 36.2 Å². The first kappa shape index (κ1) is 18.6. The van der Waals surface area contributed by atoms with Crippen LogP contribution in [-0.4, -0.2) is 33.5 Å². The van der Waals surface area contributed by atoms with Crippen LogP contribution in [0.4, 0.5) is 5.69 Å². The van der Waals surface area contributed by atoms with Crippen molar-refractivity contribution in [2.75, 3.05) is 0 Å². The van der Waals surface area contributed by atoms with Gasteiger partial charge in [0, 0.05) is 25.1 Å². The Morgan fingerprint density at radius 3 is 2.85 bits per heavy atom. The van der Waals surface area contributed by atoms with Gasteiger partial charge in [0.2, 0.25) is 0 Å². The summed E-state index contributed by atoms with van der Waals surface area (Å²) in [7, 11) is 0. The Morgan fingerprint density at radius 2 is 2.19 bits per heavy atom. The highest BCUT2D eigenvalue weighted by Crippen LogP contribution is 2.20. The predicted octanol–water partition coefficient (Wildman–Crippen LogP) is 1.49. The third-order valence-corrected chi connectivity index (χ3v) is 4.23. The summed E-state index contributed by atoms with van der Waals surface area (Å²) in [5, 5.41) is 13.5. The van der Waals surface area contributed by atoms with Crippen molar-refractivity contribution in [2.24, 2.45) is 0 Å². The maximum absolute atomic E-state index is 11.9. The van der Waals surface area contributed by atoms with Crippen molar-refractivity contribution < 1.29 is 23.7 Å². The molecular formula is C17H19N3O7. The topological polar surface area (TPSA) is 134 Å². The fourth-order valence-corrected chi connectivity index (χ4v) is 2.62. The highest BCUT2D eigenvalue weighted by molar-refractivity contribution is 5.83. The number of ether oxygens (including phenoxy) is 1. The number of rotatable bonds is 8. The highest BCUT2D eigenvalue weighted by Gasteiger charge is 2.27. The number of non-ortho nitro benzene ring substituents is 1. The quantitative estimate of drug-likeness (QED) is 0.418. The largest absolute Gasteiger partial charge is 0.453 e. The zero-order valence-electron chi connectivity index (χ0n) is 14.7. The Labute approximate surface area is 153 Å². The van der Waals surface area contributed by atoms with Gasteiger partial charge in [-0.05, 0) is 32.3 Å². The monoisotopic (exact) mass is 377 g/mol. The zero-order chi connectivity index (χ0) is 19.6. The maximum Gasteiger partial charge on any atom is 0.419 e. The standard InChI is InChI=1S/C17H19N3O7/c1-10(16(22)18-11-4-5-11)26-15(21)3-2-8-19-13-7-6-12(20(24)25)9-14(13)27-17(19)23/h6-7,9-11H,2-5,8H2,1H3,(H,18,22)/t10-/m0/s1. The molecule has 27 heavy (non-hydrogen) atoms. The molecule has 0 aliphatic heterocycles. The number of benzene rings is 1. The fraction of sp³-hybridized carbons (Fsp3) is 0.471. The molecule has 1 N–H and O–H groups in total. The van der Waals surface area contributed by atoms with Gasteiger partial charge in [0.15, 0.2) is 11.7 Å². The van der Waals surface area contributed by atoms with Crippen LogP contribution >= 0.6 is 0 Å². The van der Waals surface area contributed by atoms with Gasteiger partial charge in [0.05, 0.1) is 16.5 Å². The van der Waals surface area contributed by atoms with Crippen LogP contribution < -0.4 is 11.1 Å². The van der Waals surface area contributed by atoms with E-state index < -0.39 is 22.8 Å². The Morgan fingerprint density at radius 1 is 1.44 bits per heavy atom. The molecule has 1 saturated carbocycles. The van der Waals surface area contributed by atoms with Crippen molar-refractivity contribution in [1.29, 1.82) is 0 Å². The Balaban J connectivity index is 1.54. The second-order valence-corrected chi connectivity index (χ2v) is 6.45. The summed E-state index contributed by atoms with van der Waals surface area (Å²) in [6.45, 7) is 1.69. The van der Waals surface area contributed by atoms with Gasteiger partial charge in [0.1, 0.15) is 0 Å². The van der Waals surface area contributed by atoms with Crippen molar-refractivity contribution in [3.8, 4) is 0 Å². The number of nitrogens with zero attached hydrogens (tertiary/aromatic N) is 2. The molecule has 2 aromatic rings. The fourth-order valence-electron chi connectivity index (χ4n) is 2.62. The van der Waals surface area contributed by atoms with E-state index in [1.54, 1.807) is 0 Å². The molecule has 1 heterocycles. The molecule has 1 aromatic carbocycles. The first-order chi connectivity index (χ1) is 12.8. The number of nitro groups is 1. The molecule has 0 spiro atoms. The van der Waals surface area contributed by atoms with E-state index in [9.17, 15) is 24.5 Å². The normalized spacial score (nSPS) is 14.7. The molecule has 3 rings (SSSR count). The van der Waals surface area contributed by atoms with Crippen LogP contribution in [-0.2, 0) is 20.9 Å². The molecule has 1 amide bonds. The number of carbonyl (C=O) groups is 2. The van der Waals surface area contributed by atoms with Crippen LogP contribution in [0.5, 0.6) is 0 Å². The molecule has 0 bridgehead atoms. The molecule has 10 heteroatoms. The van der Waals surface area contributed by atoms with Gasteiger partial charge in [-0.25, -0.2) is 4.79 Å². The summed E-state index contributed by atoms with van der Waals surface area (Å²) in [4.78, 5) is 45.8. The van der Waals surface area contributed by atoms with E-state index in [1.165, 1.54) is 29.7 Å². The number of aryl methyl sites for hydroxylation is 1. The Hall–Kier alpha value is -3.17. The lowest BCUT2D eigenvalue weighted by Crippen LogP contribution is -2.37. The first-order valence-electron chi connectivity index (χ1n) is 8.63. The van der Waals surface area contributed by atoms with Crippen molar-refractivity contribution in [1.82, 2.24) is 9.88 Å². The van der Waals surface area contributed by atoms with Crippen LogP contribution in [0.15, 0.2) is 27.4 Å². The second-order valence-electron chi connectivity index (χ2n) is 6.45. The van der Waals surface area contributed by atoms with Gasteiger partial charge in [-0.1, -0.05) is 0 Å². The van der Waals surface area contributed by atoms with E-state index in [2.05, 4.69) is 5.32 Å². The summed E-state index contributed by atoms with van der Waals surface area (Å²) in [5.74, 6) is -1.51. The van der Waals surface area contributed by atoms with Crippen molar-refractivity contribution in [3.05, 3.63) is 38.9 Å². The average Bonchev–Trinajstić information content (AvgIpc) is 3.37. The zero-order valence-corrected chi connectivity index (χ0v) is 14.7. The predicted molar refractivity (Wildman–Crippen MR) is 93.1 cm³/mol. The molecule has 1 aromatic heterocycles. The average molecular weight is 377 g/mol. The van der Waals surface area contributed by atoms with Gasteiger partial charge < -0.3 is 14.5 Å². The molecule has 1 fully saturated rings. The molecule has 1 aliphatic carbocycles. The molecule has 144 valence electrons. The molecule has 0 radical (unpaired) electrons. The number of aromatic nitrogens is 1. The summed E-state index contributed by atoms with van der Waals surface area (Å²) in [6, 6.07) is 4.08. The van der Waals surface area contributed by atoms with Gasteiger partial charge in [-0.15, -0.1) is 0 Å². The molecule has 0 saturated heterocycles. The smallest absolute Gasteiger partial charge is 0.419 e. The summed E-state index contributed by atoms with van der Waals surface area (Å²) < 4.78 is 11.4. The van der Waals surface area contributed by atoms with Crippen molar-refractivity contribution in [2.45, 2.75) is 51.3 Å². The van der Waals surface area contributed by atoms with E-state index >= 15 is 0 Å². The third-order valence-electron chi connectivity index (χ3n) is 4.23. The van der Waals surface area contributed by atoms with Gasteiger partial charge in [0.25, 0.3) is 11.6 Å². The highest BCUT2D eigenvalue weighted by atomic mass is 16.6. The third kappa shape index (κ3) is 4.52. The number of nitrogens with one attached hydrogen (secondary N) is 1. The van der Waals surface area contributed by atoms with Crippen LogP contribution in [0.2, 0.25) is 0 Å². The lowest BCUT2D eigenvalue weighted by molar-refractivity contribution is -0.384. The van der Waals surface area contributed by atoms with Gasteiger partial charge in [-0.3, -0.25) is 24.3 Å². The van der Waals surface area contributed by atoms with Crippen LogP contribution in [0.1, 0.15) is 32.6 Å². The van der Waals surface area contributed by atoms with Crippen LogP contribution in [0.3, 0.4) is 0 Å². The van der Waals surface area contributed by atoms with Crippen LogP contribution in [0.25, 0.3) is 11.1 Å². The number of nitro benzene ring substituents is 1. The second kappa shape index (κ2) is 7.60. The Kier molecular flexibility index (Phi) is 5.24. The number of esters is 1. The van der Waals surface area contributed by atoms with E-state index in [0.717, 1.165) is 12.8 Å². The molecule has 10 nitrogen and oxygen atoms in total. The van der Waals surface area contributed by atoms with Gasteiger partial charge >= 0.3 is 11.7 Å².